The molecule has 1 saturated heterocycles. The SMILES string of the molecule is Cc1cccc(NS(=O)(=O)c2cccc(C(=O)N3C[C@H](C)C[C@H](C)C3)c2)c1. The Hall–Kier alpha value is -2.34. The van der Waals surface area contributed by atoms with E-state index < -0.39 is 10.0 Å². The molecule has 0 bridgehead atoms. The molecule has 2 atom stereocenters. The van der Waals surface area contributed by atoms with Crippen LogP contribution in [0.3, 0.4) is 0 Å². The van der Waals surface area contributed by atoms with Gasteiger partial charge in [-0.2, -0.15) is 0 Å². The number of rotatable bonds is 4. The van der Waals surface area contributed by atoms with Crippen LogP contribution >= 0.6 is 0 Å². The average molecular weight is 387 g/mol. The molecular weight excluding hydrogens is 360 g/mol. The van der Waals surface area contributed by atoms with Crippen LogP contribution in [0.2, 0.25) is 0 Å². The standard InChI is InChI=1S/C21H26N2O3S/c1-15-6-4-8-19(11-15)22-27(25,26)20-9-5-7-18(12-20)21(24)23-13-16(2)10-17(3)14-23/h4-9,11-12,16-17,22H,10,13-14H2,1-3H3/t16-,17+. The van der Waals surface area contributed by atoms with Gasteiger partial charge < -0.3 is 4.90 Å². The monoisotopic (exact) mass is 386 g/mol. The summed E-state index contributed by atoms with van der Waals surface area (Å²) in [5, 5.41) is 0. The molecule has 0 aliphatic carbocycles. The number of nitrogens with one attached hydrogen (secondary N) is 1. The van der Waals surface area contributed by atoms with Gasteiger partial charge in [0.2, 0.25) is 0 Å². The number of carbonyl (C=O) groups excluding carboxylic acids is 1. The van der Waals surface area contributed by atoms with Crippen LogP contribution in [0.15, 0.2) is 53.4 Å². The van der Waals surface area contributed by atoms with E-state index in [0.717, 1.165) is 12.0 Å². The van der Waals surface area contributed by atoms with Crippen LogP contribution < -0.4 is 4.72 Å². The molecule has 1 aliphatic rings. The van der Waals surface area contributed by atoms with E-state index in [1.165, 1.54) is 12.1 Å². The first-order valence-corrected chi connectivity index (χ1v) is 10.7. The van der Waals surface area contributed by atoms with Gasteiger partial charge in [0.05, 0.1) is 4.90 Å². The highest BCUT2D eigenvalue weighted by Crippen LogP contribution is 2.24. The summed E-state index contributed by atoms with van der Waals surface area (Å²) in [6, 6.07) is 13.4. The third kappa shape index (κ3) is 4.69. The summed E-state index contributed by atoms with van der Waals surface area (Å²) in [5.74, 6) is 0.793. The van der Waals surface area contributed by atoms with Crippen molar-refractivity contribution in [3.63, 3.8) is 0 Å². The third-order valence-electron chi connectivity index (χ3n) is 4.82. The van der Waals surface area contributed by atoms with E-state index in [-0.39, 0.29) is 10.8 Å². The van der Waals surface area contributed by atoms with E-state index in [1.54, 1.807) is 30.3 Å². The predicted molar refractivity (Wildman–Crippen MR) is 107 cm³/mol. The molecule has 1 heterocycles. The van der Waals surface area contributed by atoms with Gasteiger partial charge in [0.15, 0.2) is 0 Å². The smallest absolute Gasteiger partial charge is 0.261 e. The zero-order chi connectivity index (χ0) is 19.6. The number of likely N-dealkylation sites (tertiary alicyclic amines) is 1. The number of piperidine rings is 1. The van der Waals surface area contributed by atoms with Crippen molar-refractivity contribution in [3.05, 3.63) is 59.7 Å². The topological polar surface area (TPSA) is 66.5 Å². The van der Waals surface area contributed by atoms with Crippen LogP contribution in [0.25, 0.3) is 0 Å². The Labute approximate surface area is 161 Å². The minimum Gasteiger partial charge on any atom is -0.338 e. The Balaban J connectivity index is 1.83. The molecular formula is C21H26N2O3S. The van der Waals surface area contributed by atoms with Gasteiger partial charge in [0.1, 0.15) is 0 Å². The van der Waals surface area contributed by atoms with E-state index in [1.807, 2.05) is 17.9 Å². The summed E-state index contributed by atoms with van der Waals surface area (Å²) >= 11 is 0. The average Bonchev–Trinajstić information content (AvgIpc) is 2.60. The van der Waals surface area contributed by atoms with E-state index in [0.29, 0.717) is 36.2 Å². The van der Waals surface area contributed by atoms with Gasteiger partial charge in [-0.15, -0.1) is 0 Å². The second-order valence-corrected chi connectivity index (χ2v) is 9.34. The molecule has 6 heteroatoms. The van der Waals surface area contributed by atoms with Gasteiger partial charge in [0, 0.05) is 24.3 Å². The number of anilines is 1. The number of sulfonamides is 1. The lowest BCUT2D eigenvalue weighted by Gasteiger charge is -2.35. The summed E-state index contributed by atoms with van der Waals surface area (Å²) in [6.45, 7) is 7.60. The highest BCUT2D eigenvalue weighted by atomic mass is 32.2. The maximum atomic E-state index is 12.9. The van der Waals surface area contributed by atoms with Gasteiger partial charge in [-0.1, -0.05) is 32.0 Å². The molecule has 0 radical (unpaired) electrons. The number of aryl methyl sites for hydroxylation is 1. The number of amides is 1. The molecule has 1 fully saturated rings. The highest BCUT2D eigenvalue weighted by molar-refractivity contribution is 7.92. The van der Waals surface area contributed by atoms with Crippen molar-refractivity contribution >= 4 is 21.6 Å². The summed E-state index contributed by atoms with van der Waals surface area (Å²) in [6.07, 6.45) is 1.11. The summed E-state index contributed by atoms with van der Waals surface area (Å²) in [5.41, 5.74) is 1.88. The van der Waals surface area contributed by atoms with Crippen LogP contribution in [0.5, 0.6) is 0 Å². The van der Waals surface area contributed by atoms with Gasteiger partial charge >= 0.3 is 0 Å². The minimum atomic E-state index is -3.76. The van der Waals surface area contributed by atoms with Crippen LogP contribution in [-0.2, 0) is 10.0 Å². The Morgan fingerprint density at radius 3 is 2.37 bits per heavy atom. The minimum absolute atomic E-state index is 0.0907. The molecule has 2 aromatic rings. The fourth-order valence-electron chi connectivity index (χ4n) is 3.73. The Morgan fingerprint density at radius 1 is 1.04 bits per heavy atom. The van der Waals surface area contributed by atoms with Gasteiger partial charge in [-0.05, 0) is 61.1 Å². The summed E-state index contributed by atoms with van der Waals surface area (Å²) in [4.78, 5) is 14.8. The molecule has 0 spiro atoms. The van der Waals surface area contributed by atoms with E-state index in [4.69, 9.17) is 0 Å². The molecule has 5 nitrogen and oxygen atoms in total. The number of nitrogens with zero attached hydrogens (tertiary/aromatic N) is 1. The van der Waals surface area contributed by atoms with E-state index >= 15 is 0 Å². The van der Waals surface area contributed by atoms with Gasteiger partial charge in [-0.3, -0.25) is 9.52 Å². The Kier molecular flexibility index (Phi) is 5.56. The molecule has 1 aliphatic heterocycles. The molecule has 1 N–H and O–H groups in total. The maximum absolute atomic E-state index is 12.9. The molecule has 1 amide bonds. The van der Waals surface area contributed by atoms with Crippen molar-refractivity contribution in [2.75, 3.05) is 17.8 Å². The lowest BCUT2D eigenvalue weighted by atomic mass is 9.91. The molecule has 0 unspecified atom stereocenters. The van der Waals surface area contributed by atoms with Gasteiger partial charge in [0.25, 0.3) is 15.9 Å². The van der Waals surface area contributed by atoms with E-state index in [9.17, 15) is 13.2 Å². The molecule has 3 rings (SSSR count). The number of hydrogen-bond donors (Lipinski definition) is 1. The van der Waals surface area contributed by atoms with Crippen LogP contribution in [0.4, 0.5) is 5.69 Å². The molecule has 0 aromatic heterocycles. The second-order valence-electron chi connectivity index (χ2n) is 7.66. The first kappa shape index (κ1) is 19.4. The zero-order valence-electron chi connectivity index (χ0n) is 16.0. The zero-order valence-corrected chi connectivity index (χ0v) is 16.8. The Morgan fingerprint density at radius 2 is 1.70 bits per heavy atom. The lowest BCUT2D eigenvalue weighted by Crippen LogP contribution is -2.42. The van der Waals surface area contributed by atoms with Gasteiger partial charge in [-0.25, -0.2) is 8.42 Å². The Bertz CT molecular complexity index is 930. The van der Waals surface area contributed by atoms with Crippen molar-refractivity contribution in [1.82, 2.24) is 4.90 Å². The second kappa shape index (κ2) is 7.72. The molecule has 2 aromatic carbocycles. The third-order valence-corrected chi connectivity index (χ3v) is 6.20. The van der Waals surface area contributed by atoms with Crippen molar-refractivity contribution in [2.24, 2.45) is 11.8 Å². The quantitative estimate of drug-likeness (QED) is 0.866. The fraction of sp³-hybridized carbons (Fsp3) is 0.381. The number of carbonyl (C=O) groups is 1. The van der Waals surface area contributed by atoms with E-state index in [2.05, 4.69) is 18.6 Å². The van der Waals surface area contributed by atoms with Crippen molar-refractivity contribution in [3.8, 4) is 0 Å². The number of hydrogen-bond acceptors (Lipinski definition) is 3. The number of benzene rings is 2. The summed E-state index contributed by atoms with van der Waals surface area (Å²) < 4.78 is 28.0. The molecule has 27 heavy (non-hydrogen) atoms. The van der Waals surface area contributed by atoms with Crippen molar-refractivity contribution in [1.29, 1.82) is 0 Å². The first-order chi connectivity index (χ1) is 12.7. The maximum Gasteiger partial charge on any atom is 0.261 e. The van der Waals surface area contributed by atoms with Crippen LogP contribution in [0.1, 0.15) is 36.2 Å². The van der Waals surface area contributed by atoms with Crippen molar-refractivity contribution < 1.29 is 13.2 Å². The normalized spacial score (nSPS) is 20.3. The van der Waals surface area contributed by atoms with Crippen LogP contribution in [0, 0.1) is 18.8 Å². The highest BCUT2D eigenvalue weighted by Gasteiger charge is 2.27. The predicted octanol–water partition coefficient (Wildman–Crippen LogP) is 3.91. The fourth-order valence-corrected chi connectivity index (χ4v) is 4.83. The summed E-state index contributed by atoms with van der Waals surface area (Å²) in [7, 11) is -3.76. The molecule has 0 saturated carbocycles. The largest absolute Gasteiger partial charge is 0.338 e. The lowest BCUT2D eigenvalue weighted by molar-refractivity contribution is 0.0623. The van der Waals surface area contributed by atoms with Crippen molar-refractivity contribution in [2.45, 2.75) is 32.1 Å². The molecule has 144 valence electrons. The first-order valence-electron chi connectivity index (χ1n) is 9.23. The van der Waals surface area contributed by atoms with Crippen LogP contribution in [-0.4, -0.2) is 32.3 Å².